The summed E-state index contributed by atoms with van der Waals surface area (Å²) in [5, 5.41) is 6.00. The molecule has 2 aromatic heterocycles. The van der Waals surface area contributed by atoms with E-state index in [-0.39, 0.29) is 30.7 Å². The molecular weight excluding hydrogens is 327 g/mol. The number of imidazole rings is 1. The van der Waals surface area contributed by atoms with E-state index in [2.05, 4.69) is 15.6 Å². The number of nitrogens with one attached hydrogen (secondary N) is 2. The van der Waals surface area contributed by atoms with Gasteiger partial charge in [0.1, 0.15) is 11.3 Å². The summed E-state index contributed by atoms with van der Waals surface area (Å²) in [6.07, 6.45) is 3.64. The van der Waals surface area contributed by atoms with Crippen LogP contribution in [0.3, 0.4) is 0 Å². The number of amides is 1. The monoisotopic (exact) mass is 348 g/mol. The summed E-state index contributed by atoms with van der Waals surface area (Å²) in [7, 11) is 1.66. The van der Waals surface area contributed by atoms with E-state index in [0.29, 0.717) is 25.4 Å². The molecule has 6 nitrogen and oxygen atoms in total. The van der Waals surface area contributed by atoms with Gasteiger partial charge in [-0.1, -0.05) is 0 Å². The van der Waals surface area contributed by atoms with Crippen LogP contribution in [0.2, 0.25) is 0 Å². The van der Waals surface area contributed by atoms with Crippen LogP contribution in [0, 0.1) is 6.92 Å². The lowest BCUT2D eigenvalue weighted by Gasteiger charge is -2.04. The Morgan fingerprint density at radius 3 is 2.82 bits per heavy atom. The summed E-state index contributed by atoms with van der Waals surface area (Å²) < 4.78 is 6.77. The van der Waals surface area contributed by atoms with E-state index in [1.807, 2.05) is 29.7 Å². The standard InChI is InChI=1S/C14H20N4O2.2ClH/c1-11-3-7-18-10-12(17-13(18)9-11)14(19)16-5-4-15-6-8-20-2;;/h3,7,9-10,15H,4-6,8H2,1-2H3,(H,16,19);2*1H. The zero-order valence-electron chi connectivity index (χ0n) is 12.7. The Hall–Kier alpha value is -1.34. The quantitative estimate of drug-likeness (QED) is 0.743. The number of hydrogen-bond acceptors (Lipinski definition) is 4. The topological polar surface area (TPSA) is 67.7 Å². The van der Waals surface area contributed by atoms with Crippen molar-refractivity contribution in [1.82, 2.24) is 20.0 Å². The Bertz CT molecular complexity index is 589. The zero-order chi connectivity index (χ0) is 14.4. The molecule has 2 aromatic rings. The van der Waals surface area contributed by atoms with Crippen LogP contribution < -0.4 is 10.6 Å². The number of pyridine rings is 1. The molecule has 0 spiro atoms. The van der Waals surface area contributed by atoms with Crippen molar-refractivity contribution in [3.63, 3.8) is 0 Å². The Morgan fingerprint density at radius 2 is 2.09 bits per heavy atom. The lowest BCUT2D eigenvalue weighted by molar-refractivity contribution is 0.0949. The fourth-order valence-corrected chi connectivity index (χ4v) is 1.85. The van der Waals surface area contributed by atoms with Gasteiger partial charge >= 0.3 is 0 Å². The van der Waals surface area contributed by atoms with E-state index < -0.39 is 0 Å². The second-order valence-electron chi connectivity index (χ2n) is 4.59. The highest BCUT2D eigenvalue weighted by atomic mass is 35.5. The fourth-order valence-electron chi connectivity index (χ4n) is 1.85. The third-order valence-corrected chi connectivity index (χ3v) is 2.92. The summed E-state index contributed by atoms with van der Waals surface area (Å²) in [5.41, 5.74) is 2.35. The van der Waals surface area contributed by atoms with E-state index in [0.717, 1.165) is 17.8 Å². The number of fused-ring (bicyclic) bond motifs is 1. The zero-order valence-corrected chi connectivity index (χ0v) is 14.3. The third kappa shape index (κ3) is 5.81. The maximum absolute atomic E-state index is 11.9. The molecule has 0 atom stereocenters. The molecule has 0 fully saturated rings. The minimum Gasteiger partial charge on any atom is -0.383 e. The van der Waals surface area contributed by atoms with Gasteiger partial charge in [0.2, 0.25) is 0 Å². The first-order valence-corrected chi connectivity index (χ1v) is 6.64. The van der Waals surface area contributed by atoms with Crippen LogP contribution in [-0.2, 0) is 4.74 Å². The maximum Gasteiger partial charge on any atom is 0.271 e. The van der Waals surface area contributed by atoms with Crippen molar-refractivity contribution in [2.75, 3.05) is 33.4 Å². The van der Waals surface area contributed by atoms with Crippen molar-refractivity contribution in [1.29, 1.82) is 0 Å². The summed E-state index contributed by atoms with van der Waals surface area (Å²) in [6.45, 7) is 4.72. The van der Waals surface area contributed by atoms with Gasteiger partial charge in [-0.3, -0.25) is 4.79 Å². The molecule has 0 aromatic carbocycles. The first kappa shape index (κ1) is 20.7. The van der Waals surface area contributed by atoms with Crippen molar-refractivity contribution in [3.8, 4) is 0 Å². The van der Waals surface area contributed by atoms with Gasteiger partial charge in [-0.25, -0.2) is 4.98 Å². The molecule has 1 amide bonds. The highest BCUT2D eigenvalue weighted by molar-refractivity contribution is 5.92. The van der Waals surface area contributed by atoms with Crippen molar-refractivity contribution in [2.45, 2.75) is 6.92 Å². The number of aromatic nitrogens is 2. The highest BCUT2D eigenvalue weighted by Crippen LogP contribution is 2.07. The molecule has 0 radical (unpaired) electrons. The van der Waals surface area contributed by atoms with Crippen molar-refractivity contribution in [2.24, 2.45) is 0 Å². The smallest absolute Gasteiger partial charge is 0.271 e. The van der Waals surface area contributed by atoms with Gasteiger partial charge in [-0.2, -0.15) is 0 Å². The first-order chi connectivity index (χ1) is 9.70. The van der Waals surface area contributed by atoms with Crippen LogP contribution in [-0.4, -0.2) is 48.6 Å². The molecule has 124 valence electrons. The van der Waals surface area contributed by atoms with Crippen LogP contribution in [0.15, 0.2) is 24.5 Å². The summed E-state index contributed by atoms with van der Waals surface area (Å²) >= 11 is 0. The molecule has 0 unspecified atom stereocenters. The van der Waals surface area contributed by atoms with Crippen LogP contribution >= 0.6 is 24.8 Å². The van der Waals surface area contributed by atoms with Gasteiger partial charge in [0.15, 0.2) is 0 Å². The Labute approximate surface area is 142 Å². The van der Waals surface area contributed by atoms with Gasteiger partial charge in [0.05, 0.1) is 6.61 Å². The highest BCUT2D eigenvalue weighted by Gasteiger charge is 2.09. The molecule has 0 aliphatic carbocycles. The Balaban J connectivity index is 0.00000220. The number of methoxy groups -OCH3 is 1. The van der Waals surface area contributed by atoms with Gasteiger partial charge < -0.3 is 19.8 Å². The molecule has 0 saturated carbocycles. The molecule has 0 bridgehead atoms. The van der Waals surface area contributed by atoms with Crippen LogP contribution in [0.1, 0.15) is 16.1 Å². The van der Waals surface area contributed by atoms with Crippen molar-refractivity contribution in [3.05, 3.63) is 35.8 Å². The molecule has 22 heavy (non-hydrogen) atoms. The van der Waals surface area contributed by atoms with E-state index in [1.165, 1.54) is 0 Å². The Kier molecular flexibility index (Phi) is 9.76. The summed E-state index contributed by atoms with van der Waals surface area (Å²) in [4.78, 5) is 16.3. The lowest BCUT2D eigenvalue weighted by Crippen LogP contribution is -2.33. The normalized spacial score (nSPS) is 9.91. The number of nitrogens with zero attached hydrogens (tertiary/aromatic N) is 2. The molecule has 0 aliphatic rings. The minimum absolute atomic E-state index is 0. The number of hydrogen-bond donors (Lipinski definition) is 2. The van der Waals surface area contributed by atoms with Crippen LogP contribution in [0.25, 0.3) is 5.65 Å². The molecule has 0 aliphatic heterocycles. The van der Waals surface area contributed by atoms with Gasteiger partial charge in [0.25, 0.3) is 5.91 Å². The SMILES string of the molecule is COCCNCCNC(=O)c1cn2ccc(C)cc2n1.Cl.Cl. The Morgan fingerprint density at radius 1 is 1.32 bits per heavy atom. The van der Waals surface area contributed by atoms with E-state index >= 15 is 0 Å². The van der Waals surface area contributed by atoms with Crippen LogP contribution in [0.4, 0.5) is 0 Å². The van der Waals surface area contributed by atoms with Crippen molar-refractivity contribution >= 4 is 36.4 Å². The average Bonchev–Trinajstić information content (AvgIpc) is 2.85. The summed E-state index contributed by atoms with van der Waals surface area (Å²) in [5.74, 6) is -0.153. The number of carbonyl (C=O) groups is 1. The molecule has 0 saturated heterocycles. The predicted octanol–water partition coefficient (Wildman–Crippen LogP) is 1.45. The van der Waals surface area contributed by atoms with Gasteiger partial charge in [0, 0.05) is 39.1 Å². The largest absolute Gasteiger partial charge is 0.383 e. The first-order valence-electron chi connectivity index (χ1n) is 6.64. The number of halogens is 2. The molecular formula is C14H22Cl2N4O2. The average molecular weight is 349 g/mol. The maximum atomic E-state index is 11.9. The van der Waals surface area contributed by atoms with Crippen molar-refractivity contribution < 1.29 is 9.53 Å². The predicted molar refractivity (Wildman–Crippen MR) is 91.5 cm³/mol. The van der Waals surface area contributed by atoms with Gasteiger partial charge in [-0.05, 0) is 24.6 Å². The second-order valence-corrected chi connectivity index (χ2v) is 4.59. The molecule has 2 N–H and O–H groups in total. The third-order valence-electron chi connectivity index (χ3n) is 2.92. The van der Waals surface area contributed by atoms with E-state index in [9.17, 15) is 4.79 Å². The minimum atomic E-state index is -0.153. The van der Waals surface area contributed by atoms with E-state index in [4.69, 9.17) is 4.74 Å². The van der Waals surface area contributed by atoms with E-state index in [1.54, 1.807) is 13.3 Å². The fraction of sp³-hybridized carbons (Fsp3) is 0.429. The van der Waals surface area contributed by atoms with Crippen LogP contribution in [0.5, 0.6) is 0 Å². The number of rotatable bonds is 7. The number of aryl methyl sites for hydroxylation is 1. The number of ether oxygens (including phenoxy) is 1. The molecule has 2 rings (SSSR count). The van der Waals surface area contributed by atoms with Gasteiger partial charge in [-0.15, -0.1) is 24.8 Å². The second kappa shape index (κ2) is 10.4. The lowest BCUT2D eigenvalue weighted by atomic mass is 10.3. The molecule has 8 heteroatoms. The number of carbonyl (C=O) groups excluding carboxylic acids is 1. The molecule has 2 heterocycles. The summed E-state index contributed by atoms with van der Waals surface area (Å²) in [6, 6.07) is 3.93.